The Hall–Kier alpha value is -1.71. The number of carbonyl (C=O) groups is 1. The number of anilines is 1. The summed E-state index contributed by atoms with van der Waals surface area (Å²) >= 11 is 0. The Labute approximate surface area is 97.6 Å². The maximum Gasteiger partial charge on any atom is 0.211 e. The molecule has 0 radical (unpaired) electrons. The van der Waals surface area contributed by atoms with Crippen molar-refractivity contribution >= 4 is 12.1 Å². The van der Waals surface area contributed by atoms with Crippen LogP contribution in [-0.2, 0) is 4.79 Å². The Morgan fingerprint density at radius 3 is 2.25 bits per heavy atom. The first-order valence-electron chi connectivity index (χ1n) is 4.74. The van der Waals surface area contributed by atoms with Crippen molar-refractivity contribution in [3.8, 4) is 11.5 Å². The first-order chi connectivity index (χ1) is 7.33. The second kappa shape index (κ2) is 9.83. The highest BCUT2D eigenvalue weighted by Gasteiger charge is 2.07. The molecule has 0 unspecified atom stereocenters. The monoisotopic (exact) mass is 227 g/mol. The minimum atomic E-state index is 0. The fraction of sp³-hybridized carbons (Fsp3) is 0.417. The summed E-state index contributed by atoms with van der Waals surface area (Å²) in [5, 5.41) is 2.52. The number of nitrogens with one attached hydrogen (secondary N) is 1. The van der Waals surface area contributed by atoms with Crippen LogP contribution in [0.3, 0.4) is 0 Å². The van der Waals surface area contributed by atoms with E-state index in [9.17, 15) is 4.79 Å². The minimum absolute atomic E-state index is 0. The summed E-state index contributed by atoms with van der Waals surface area (Å²) in [6.07, 6.45) is 0.595. The average molecular weight is 227 g/mol. The number of methoxy groups -OCH3 is 2. The van der Waals surface area contributed by atoms with Crippen LogP contribution >= 0.6 is 0 Å². The van der Waals surface area contributed by atoms with Gasteiger partial charge >= 0.3 is 0 Å². The van der Waals surface area contributed by atoms with E-state index >= 15 is 0 Å². The number of hydrogen-bond acceptors (Lipinski definition) is 3. The van der Waals surface area contributed by atoms with Gasteiger partial charge < -0.3 is 14.8 Å². The van der Waals surface area contributed by atoms with Gasteiger partial charge in [-0.15, -0.1) is 0 Å². The van der Waals surface area contributed by atoms with E-state index in [1.54, 1.807) is 25.3 Å². The van der Waals surface area contributed by atoms with Crippen LogP contribution in [0.1, 0.15) is 21.3 Å². The average Bonchev–Trinajstić information content (AvgIpc) is 2.31. The molecule has 0 aromatic heterocycles. The van der Waals surface area contributed by atoms with E-state index < -0.39 is 0 Å². The highest BCUT2D eigenvalue weighted by atomic mass is 16.5. The molecule has 0 aliphatic heterocycles. The molecule has 0 aliphatic carbocycles. The minimum Gasteiger partial charge on any atom is -0.493 e. The van der Waals surface area contributed by atoms with Crippen LogP contribution in [0.25, 0.3) is 0 Å². The van der Waals surface area contributed by atoms with Gasteiger partial charge in [-0.05, 0) is 12.1 Å². The SMILES string of the molecule is C.CC.COc1cccc(NC=O)c1OC. The summed E-state index contributed by atoms with van der Waals surface area (Å²) in [4.78, 5) is 10.2. The van der Waals surface area contributed by atoms with Crippen molar-refractivity contribution in [3.05, 3.63) is 18.2 Å². The van der Waals surface area contributed by atoms with Gasteiger partial charge in [-0.3, -0.25) is 4.79 Å². The normalized spacial score (nSPS) is 7.75. The molecule has 0 bridgehead atoms. The van der Waals surface area contributed by atoms with Crippen molar-refractivity contribution in [2.24, 2.45) is 0 Å². The largest absolute Gasteiger partial charge is 0.493 e. The van der Waals surface area contributed by atoms with Gasteiger partial charge in [0.25, 0.3) is 0 Å². The van der Waals surface area contributed by atoms with Gasteiger partial charge in [0.2, 0.25) is 6.41 Å². The van der Waals surface area contributed by atoms with Crippen molar-refractivity contribution in [2.75, 3.05) is 19.5 Å². The number of benzene rings is 1. The molecular formula is C12H21NO3. The Morgan fingerprint density at radius 1 is 1.19 bits per heavy atom. The zero-order chi connectivity index (χ0) is 11.7. The van der Waals surface area contributed by atoms with E-state index in [4.69, 9.17) is 9.47 Å². The van der Waals surface area contributed by atoms with Crippen LogP contribution in [0.5, 0.6) is 11.5 Å². The van der Waals surface area contributed by atoms with Gasteiger partial charge in [-0.2, -0.15) is 0 Å². The molecule has 1 rings (SSSR count). The highest BCUT2D eigenvalue weighted by Crippen LogP contribution is 2.34. The molecule has 4 nitrogen and oxygen atoms in total. The molecule has 0 atom stereocenters. The van der Waals surface area contributed by atoms with Crippen molar-refractivity contribution < 1.29 is 14.3 Å². The summed E-state index contributed by atoms with van der Waals surface area (Å²) < 4.78 is 10.1. The zero-order valence-corrected chi connectivity index (χ0v) is 9.53. The number of ether oxygens (including phenoxy) is 2. The Balaban J connectivity index is 0. The Kier molecular flexibility index (Phi) is 10.3. The van der Waals surface area contributed by atoms with E-state index in [-0.39, 0.29) is 7.43 Å². The van der Waals surface area contributed by atoms with Crippen molar-refractivity contribution in [2.45, 2.75) is 21.3 Å². The molecule has 4 heteroatoms. The lowest BCUT2D eigenvalue weighted by molar-refractivity contribution is -0.105. The number of hydrogen-bond donors (Lipinski definition) is 1. The molecule has 92 valence electrons. The molecule has 0 saturated carbocycles. The van der Waals surface area contributed by atoms with E-state index in [0.29, 0.717) is 23.6 Å². The van der Waals surface area contributed by atoms with Crippen LogP contribution in [0.4, 0.5) is 5.69 Å². The maximum atomic E-state index is 10.2. The molecular weight excluding hydrogens is 206 g/mol. The van der Waals surface area contributed by atoms with Crippen molar-refractivity contribution in [1.82, 2.24) is 0 Å². The molecule has 0 spiro atoms. The van der Waals surface area contributed by atoms with Gasteiger partial charge in [0.05, 0.1) is 19.9 Å². The van der Waals surface area contributed by atoms with Crippen LogP contribution in [0.15, 0.2) is 18.2 Å². The second-order valence-electron chi connectivity index (χ2n) is 2.30. The van der Waals surface area contributed by atoms with Gasteiger partial charge in [0.15, 0.2) is 11.5 Å². The van der Waals surface area contributed by atoms with Crippen LogP contribution < -0.4 is 14.8 Å². The van der Waals surface area contributed by atoms with Gasteiger partial charge in [0.1, 0.15) is 0 Å². The predicted octanol–water partition coefficient (Wildman–Crippen LogP) is 2.93. The third-order valence-electron chi connectivity index (χ3n) is 1.62. The highest BCUT2D eigenvalue weighted by molar-refractivity contribution is 5.77. The molecule has 1 amide bonds. The molecule has 1 aromatic carbocycles. The summed E-state index contributed by atoms with van der Waals surface area (Å²) in [6, 6.07) is 5.26. The van der Waals surface area contributed by atoms with Crippen LogP contribution in [-0.4, -0.2) is 20.6 Å². The van der Waals surface area contributed by atoms with Crippen LogP contribution in [0.2, 0.25) is 0 Å². The summed E-state index contributed by atoms with van der Waals surface area (Å²) in [6.45, 7) is 4.00. The predicted molar refractivity (Wildman–Crippen MR) is 67.3 cm³/mol. The fourth-order valence-electron chi connectivity index (χ4n) is 1.06. The topological polar surface area (TPSA) is 47.6 Å². The molecule has 0 heterocycles. The molecule has 1 N–H and O–H groups in total. The van der Waals surface area contributed by atoms with Gasteiger partial charge in [0, 0.05) is 0 Å². The lowest BCUT2D eigenvalue weighted by Gasteiger charge is -2.10. The quantitative estimate of drug-likeness (QED) is 0.804. The van der Waals surface area contributed by atoms with E-state index in [0.717, 1.165) is 0 Å². The van der Waals surface area contributed by atoms with Crippen molar-refractivity contribution in [1.29, 1.82) is 0 Å². The standard InChI is InChI=1S/C9H11NO3.C2H6.CH4/c1-12-8-5-3-4-7(10-6-11)9(8)13-2;1-2;/h3-6H,1-2H3,(H,10,11);1-2H3;1H4. The van der Waals surface area contributed by atoms with Gasteiger partial charge in [-0.25, -0.2) is 0 Å². The molecule has 0 saturated heterocycles. The first-order valence-corrected chi connectivity index (χ1v) is 4.74. The zero-order valence-electron chi connectivity index (χ0n) is 9.53. The van der Waals surface area contributed by atoms with Gasteiger partial charge in [-0.1, -0.05) is 27.3 Å². The lowest BCUT2D eigenvalue weighted by atomic mass is 10.2. The molecule has 0 aliphatic rings. The van der Waals surface area contributed by atoms with Crippen LogP contribution in [0, 0.1) is 0 Å². The molecule has 1 aromatic rings. The third-order valence-corrected chi connectivity index (χ3v) is 1.62. The number of carbonyl (C=O) groups excluding carboxylic acids is 1. The van der Waals surface area contributed by atoms with Crippen molar-refractivity contribution in [3.63, 3.8) is 0 Å². The number of para-hydroxylation sites is 1. The molecule has 0 fully saturated rings. The van der Waals surface area contributed by atoms with E-state index in [1.807, 2.05) is 13.8 Å². The fourth-order valence-corrected chi connectivity index (χ4v) is 1.06. The Morgan fingerprint density at radius 2 is 1.81 bits per heavy atom. The second-order valence-corrected chi connectivity index (χ2v) is 2.30. The first kappa shape index (κ1) is 16.7. The smallest absolute Gasteiger partial charge is 0.211 e. The third kappa shape index (κ3) is 4.21. The maximum absolute atomic E-state index is 10.2. The van der Waals surface area contributed by atoms with E-state index in [1.165, 1.54) is 7.11 Å². The summed E-state index contributed by atoms with van der Waals surface area (Å²) in [5.74, 6) is 1.12. The summed E-state index contributed by atoms with van der Waals surface area (Å²) in [7, 11) is 3.07. The summed E-state index contributed by atoms with van der Waals surface area (Å²) in [5.41, 5.74) is 0.594. The molecule has 16 heavy (non-hydrogen) atoms. The van der Waals surface area contributed by atoms with E-state index in [2.05, 4.69) is 5.32 Å². The Bertz CT molecular complexity index is 300. The lowest BCUT2D eigenvalue weighted by Crippen LogP contribution is -1.98. The number of rotatable bonds is 4. The number of amides is 1.